The van der Waals surface area contributed by atoms with E-state index in [0.29, 0.717) is 12.0 Å². The maximum absolute atomic E-state index is 12.7. The van der Waals surface area contributed by atoms with Gasteiger partial charge in [0.15, 0.2) is 0 Å². The van der Waals surface area contributed by atoms with Crippen LogP contribution < -0.4 is 5.32 Å². The molecule has 0 bridgehead atoms. The standard InChI is InChI=1S/C18H31N3O3/c1-13(2)16(20(5)17(23)11-19-12-22)10-14(3)18(24)21-9-7-6-8-15(21)4/h10,12-13,15-16H,6-9,11H2,1-5H3,(H,19,22)/b14-10+. The Bertz CT molecular complexity index is 488. The van der Waals surface area contributed by atoms with Gasteiger partial charge in [0.2, 0.25) is 18.2 Å². The van der Waals surface area contributed by atoms with Crippen LogP contribution in [0, 0.1) is 5.92 Å². The van der Waals surface area contributed by atoms with E-state index in [2.05, 4.69) is 12.2 Å². The molecular formula is C18H31N3O3. The summed E-state index contributed by atoms with van der Waals surface area (Å²) in [6, 6.07) is 0.0817. The summed E-state index contributed by atoms with van der Waals surface area (Å²) in [7, 11) is 1.71. The molecule has 2 atom stereocenters. The highest BCUT2D eigenvalue weighted by Gasteiger charge is 2.26. The fraction of sp³-hybridized carbons (Fsp3) is 0.722. The molecule has 6 nitrogen and oxygen atoms in total. The van der Waals surface area contributed by atoms with Crippen LogP contribution in [-0.4, -0.2) is 60.2 Å². The lowest BCUT2D eigenvalue weighted by Crippen LogP contribution is -2.45. The van der Waals surface area contributed by atoms with Gasteiger partial charge in [0, 0.05) is 25.2 Å². The molecule has 0 radical (unpaired) electrons. The Kier molecular flexibility index (Phi) is 7.95. The van der Waals surface area contributed by atoms with Gasteiger partial charge in [-0.25, -0.2) is 0 Å². The van der Waals surface area contributed by atoms with Crippen molar-refractivity contribution >= 4 is 18.2 Å². The van der Waals surface area contributed by atoms with Crippen molar-refractivity contribution < 1.29 is 14.4 Å². The number of amides is 3. The summed E-state index contributed by atoms with van der Waals surface area (Å²) in [5, 5.41) is 2.39. The first-order valence-corrected chi connectivity index (χ1v) is 8.71. The Morgan fingerprint density at radius 3 is 2.54 bits per heavy atom. The highest BCUT2D eigenvalue weighted by molar-refractivity contribution is 5.93. The van der Waals surface area contributed by atoms with Crippen LogP contribution in [-0.2, 0) is 14.4 Å². The predicted molar refractivity (Wildman–Crippen MR) is 94.2 cm³/mol. The van der Waals surface area contributed by atoms with E-state index in [4.69, 9.17) is 0 Å². The lowest BCUT2D eigenvalue weighted by molar-refractivity contribution is -0.132. The largest absolute Gasteiger partial charge is 0.350 e. The first-order chi connectivity index (χ1) is 11.3. The van der Waals surface area contributed by atoms with Gasteiger partial charge in [-0.2, -0.15) is 0 Å². The van der Waals surface area contributed by atoms with Crippen LogP contribution in [0.15, 0.2) is 11.6 Å². The number of carbonyl (C=O) groups excluding carboxylic acids is 3. The normalized spacial score (nSPS) is 19.8. The Balaban J connectivity index is 2.87. The fourth-order valence-corrected chi connectivity index (χ4v) is 3.13. The summed E-state index contributed by atoms with van der Waals surface area (Å²) in [4.78, 5) is 38.8. The molecule has 1 fully saturated rings. The van der Waals surface area contributed by atoms with Crippen LogP contribution >= 0.6 is 0 Å². The maximum atomic E-state index is 12.7. The molecule has 0 aromatic carbocycles. The van der Waals surface area contributed by atoms with E-state index in [1.54, 1.807) is 11.9 Å². The second-order valence-corrected chi connectivity index (χ2v) is 6.93. The van der Waals surface area contributed by atoms with Gasteiger partial charge in [0.25, 0.3) is 0 Å². The van der Waals surface area contributed by atoms with E-state index in [0.717, 1.165) is 19.4 Å². The third-order valence-corrected chi connectivity index (χ3v) is 4.68. The zero-order valence-corrected chi connectivity index (χ0v) is 15.5. The van der Waals surface area contributed by atoms with E-state index in [-0.39, 0.29) is 36.4 Å². The van der Waals surface area contributed by atoms with Crippen LogP contribution in [0.4, 0.5) is 0 Å². The highest BCUT2D eigenvalue weighted by Crippen LogP contribution is 2.20. The number of hydrogen-bond acceptors (Lipinski definition) is 3. The van der Waals surface area contributed by atoms with Crippen molar-refractivity contribution in [1.29, 1.82) is 0 Å². The lowest BCUT2D eigenvalue weighted by atomic mass is 9.98. The van der Waals surface area contributed by atoms with Gasteiger partial charge in [0.05, 0.1) is 12.6 Å². The molecule has 0 aromatic heterocycles. The third-order valence-electron chi connectivity index (χ3n) is 4.68. The van der Waals surface area contributed by atoms with Gasteiger partial charge >= 0.3 is 0 Å². The number of likely N-dealkylation sites (tertiary alicyclic amines) is 1. The Hall–Kier alpha value is -1.85. The molecule has 1 rings (SSSR count). The summed E-state index contributed by atoms with van der Waals surface area (Å²) in [6.45, 7) is 8.70. The van der Waals surface area contributed by atoms with E-state index < -0.39 is 0 Å². The molecule has 0 saturated carbocycles. The SMILES string of the molecule is C/C(=C\C(C(C)C)N(C)C(=O)CNC=O)C(=O)N1CCCCC1C. The van der Waals surface area contributed by atoms with Crippen LogP contribution in [0.25, 0.3) is 0 Å². The summed E-state index contributed by atoms with van der Waals surface area (Å²) in [6.07, 6.45) is 5.66. The molecule has 1 N–H and O–H groups in total. The zero-order chi connectivity index (χ0) is 18.3. The van der Waals surface area contributed by atoms with E-state index in [1.165, 1.54) is 6.42 Å². The summed E-state index contributed by atoms with van der Waals surface area (Å²) in [5.41, 5.74) is 0.672. The van der Waals surface area contributed by atoms with Gasteiger partial charge in [-0.3, -0.25) is 14.4 Å². The third kappa shape index (κ3) is 5.35. The molecule has 1 aliphatic heterocycles. The van der Waals surface area contributed by atoms with Crippen LogP contribution in [0.5, 0.6) is 0 Å². The summed E-state index contributed by atoms with van der Waals surface area (Å²) in [5.74, 6) is 0.0417. The van der Waals surface area contributed by atoms with Crippen molar-refractivity contribution in [3.63, 3.8) is 0 Å². The van der Waals surface area contributed by atoms with Gasteiger partial charge in [-0.1, -0.05) is 19.9 Å². The van der Waals surface area contributed by atoms with Gasteiger partial charge in [0.1, 0.15) is 0 Å². The number of nitrogens with zero attached hydrogens (tertiary/aromatic N) is 2. The number of rotatable bonds is 7. The second kappa shape index (κ2) is 9.45. The number of nitrogens with one attached hydrogen (secondary N) is 1. The minimum Gasteiger partial charge on any atom is -0.350 e. The fourth-order valence-electron chi connectivity index (χ4n) is 3.13. The average molecular weight is 337 g/mol. The van der Waals surface area contributed by atoms with Crippen LogP contribution in [0.3, 0.4) is 0 Å². The molecule has 1 heterocycles. The maximum Gasteiger partial charge on any atom is 0.249 e. The van der Waals surface area contributed by atoms with Gasteiger partial charge in [-0.05, 0) is 39.0 Å². The van der Waals surface area contributed by atoms with Gasteiger partial charge in [-0.15, -0.1) is 0 Å². The minimum atomic E-state index is -0.185. The molecular weight excluding hydrogens is 306 g/mol. The number of likely N-dealkylation sites (N-methyl/N-ethyl adjacent to an activating group) is 1. The predicted octanol–water partition coefficient (Wildman–Crippen LogP) is 1.56. The topological polar surface area (TPSA) is 69.7 Å². The second-order valence-electron chi connectivity index (χ2n) is 6.93. The molecule has 1 saturated heterocycles. The number of piperidine rings is 1. The number of carbonyl (C=O) groups is 3. The first kappa shape index (κ1) is 20.2. The number of hydrogen-bond donors (Lipinski definition) is 1. The van der Waals surface area contributed by atoms with Gasteiger partial charge < -0.3 is 15.1 Å². The summed E-state index contributed by atoms with van der Waals surface area (Å²) >= 11 is 0. The smallest absolute Gasteiger partial charge is 0.249 e. The van der Waals surface area contributed by atoms with E-state index >= 15 is 0 Å². The van der Waals surface area contributed by atoms with Crippen molar-refractivity contribution in [2.24, 2.45) is 5.92 Å². The van der Waals surface area contributed by atoms with Crippen molar-refractivity contribution in [3.8, 4) is 0 Å². The monoisotopic (exact) mass is 337 g/mol. The van der Waals surface area contributed by atoms with Crippen molar-refractivity contribution in [2.45, 2.75) is 59.0 Å². The van der Waals surface area contributed by atoms with Crippen LogP contribution in [0.2, 0.25) is 0 Å². The summed E-state index contributed by atoms with van der Waals surface area (Å²) < 4.78 is 0. The Morgan fingerprint density at radius 1 is 1.33 bits per heavy atom. The van der Waals surface area contributed by atoms with Crippen molar-refractivity contribution in [1.82, 2.24) is 15.1 Å². The van der Waals surface area contributed by atoms with E-state index in [1.807, 2.05) is 31.7 Å². The first-order valence-electron chi connectivity index (χ1n) is 8.71. The molecule has 0 spiro atoms. The molecule has 2 unspecified atom stereocenters. The lowest BCUT2D eigenvalue weighted by Gasteiger charge is -2.34. The van der Waals surface area contributed by atoms with Crippen LogP contribution in [0.1, 0.15) is 47.0 Å². The molecule has 6 heteroatoms. The Labute approximate surface area is 145 Å². The van der Waals surface area contributed by atoms with Crippen molar-refractivity contribution in [2.75, 3.05) is 20.1 Å². The molecule has 0 aromatic rings. The Morgan fingerprint density at radius 2 is 2.00 bits per heavy atom. The highest BCUT2D eigenvalue weighted by atomic mass is 16.2. The molecule has 136 valence electrons. The molecule has 0 aliphatic carbocycles. The molecule has 1 aliphatic rings. The van der Waals surface area contributed by atoms with Crippen molar-refractivity contribution in [3.05, 3.63) is 11.6 Å². The van der Waals surface area contributed by atoms with E-state index in [9.17, 15) is 14.4 Å². The molecule has 24 heavy (non-hydrogen) atoms. The average Bonchev–Trinajstić information content (AvgIpc) is 2.56. The quantitative estimate of drug-likeness (QED) is 0.566. The zero-order valence-electron chi connectivity index (χ0n) is 15.5. The molecule has 3 amide bonds. The minimum absolute atomic E-state index is 0.0345.